The summed E-state index contributed by atoms with van der Waals surface area (Å²) in [6, 6.07) is 4.48. The van der Waals surface area contributed by atoms with Gasteiger partial charge in [-0.05, 0) is 82.1 Å². The standard InChI is InChI=1S/C24H29NOS2/c26-23(19-5-3-1-2-4-6-19)9-14-25-12-7-20(8-13-25)24(21-10-15-27-17-21)22-11-16-28-18-22/h9-11,14-19H,1-8,12-13H2/b14-9+. The van der Waals surface area contributed by atoms with E-state index in [1.54, 1.807) is 28.2 Å². The fraction of sp³-hybridized carbons (Fsp3) is 0.458. The van der Waals surface area contributed by atoms with E-state index in [-0.39, 0.29) is 5.92 Å². The summed E-state index contributed by atoms with van der Waals surface area (Å²) in [7, 11) is 0. The second kappa shape index (κ2) is 9.71. The first-order chi connectivity index (χ1) is 13.8. The summed E-state index contributed by atoms with van der Waals surface area (Å²) >= 11 is 3.53. The lowest BCUT2D eigenvalue weighted by atomic mass is 9.91. The number of rotatable bonds is 5. The highest BCUT2D eigenvalue weighted by molar-refractivity contribution is 7.08. The number of carbonyl (C=O) groups excluding carboxylic acids is 1. The van der Waals surface area contributed by atoms with Crippen LogP contribution < -0.4 is 0 Å². The summed E-state index contributed by atoms with van der Waals surface area (Å²) < 4.78 is 0. The summed E-state index contributed by atoms with van der Waals surface area (Å²) in [6.45, 7) is 2.00. The molecule has 2 fully saturated rings. The Kier molecular flexibility index (Phi) is 6.81. The van der Waals surface area contributed by atoms with Gasteiger partial charge in [0.15, 0.2) is 5.78 Å². The van der Waals surface area contributed by atoms with Crippen LogP contribution >= 0.6 is 22.7 Å². The number of thiophene rings is 2. The minimum absolute atomic E-state index is 0.266. The number of hydrogen-bond acceptors (Lipinski definition) is 4. The van der Waals surface area contributed by atoms with E-state index in [0.29, 0.717) is 5.78 Å². The molecule has 0 spiro atoms. The van der Waals surface area contributed by atoms with Crippen molar-refractivity contribution >= 4 is 34.0 Å². The van der Waals surface area contributed by atoms with E-state index in [4.69, 9.17) is 0 Å². The molecule has 2 nitrogen and oxygen atoms in total. The summed E-state index contributed by atoms with van der Waals surface area (Å²) in [5.41, 5.74) is 5.69. The van der Waals surface area contributed by atoms with E-state index < -0.39 is 0 Å². The maximum absolute atomic E-state index is 12.6. The third kappa shape index (κ3) is 4.84. The second-order valence-electron chi connectivity index (χ2n) is 7.95. The average Bonchev–Trinajstić information content (AvgIpc) is 3.38. The SMILES string of the molecule is O=C(/C=C/N1CCC(=C(c2ccsc2)c2ccsc2)CC1)C1CCCCCC1. The Morgan fingerprint density at radius 1 is 0.929 bits per heavy atom. The number of allylic oxidation sites excluding steroid dienone is 1. The van der Waals surface area contributed by atoms with E-state index in [1.807, 2.05) is 6.08 Å². The van der Waals surface area contributed by atoms with Crippen LogP contribution in [0.15, 0.2) is 51.5 Å². The number of ketones is 1. The van der Waals surface area contributed by atoms with E-state index in [1.165, 1.54) is 42.4 Å². The second-order valence-corrected chi connectivity index (χ2v) is 9.51. The lowest BCUT2D eigenvalue weighted by Gasteiger charge is -2.29. The lowest BCUT2D eigenvalue weighted by molar-refractivity contribution is -0.118. The van der Waals surface area contributed by atoms with E-state index >= 15 is 0 Å². The lowest BCUT2D eigenvalue weighted by Crippen LogP contribution is -2.26. The van der Waals surface area contributed by atoms with Crippen LogP contribution in [0.3, 0.4) is 0 Å². The predicted octanol–water partition coefficient (Wildman–Crippen LogP) is 6.76. The molecule has 0 radical (unpaired) electrons. The van der Waals surface area contributed by atoms with Crippen molar-refractivity contribution in [1.82, 2.24) is 4.90 Å². The Balaban J connectivity index is 1.41. The summed E-state index contributed by atoms with van der Waals surface area (Å²) in [5.74, 6) is 0.614. The van der Waals surface area contributed by atoms with Gasteiger partial charge < -0.3 is 4.90 Å². The molecule has 1 aliphatic heterocycles. The summed E-state index contributed by atoms with van der Waals surface area (Å²) in [6.07, 6.45) is 13.3. The minimum atomic E-state index is 0.266. The average molecular weight is 412 g/mol. The smallest absolute Gasteiger partial charge is 0.160 e. The van der Waals surface area contributed by atoms with E-state index in [2.05, 4.69) is 44.8 Å². The van der Waals surface area contributed by atoms with Crippen molar-refractivity contribution in [2.75, 3.05) is 13.1 Å². The Morgan fingerprint density at radius 2 is 1.54 bits per heavy atom. The van der Waals surface area contributed by atoms with Gasteiger partial charge in [0.2, 0.25) is 0 Å². The Labute approximate surface area is 176 Å². The van der Waals surface area contributed by atoms with Gasteiger partial charge in [-0.2, -0.15) is 22.7 Å². The maximum atomic E-state index is 12.6. The van der Waals surface area contributed by atoms with Crippen LogP contribution in [-0.2, 0) is 4.79 Å². The Bertz CT molecular complexity index is 763. The molecule has 1 aliphatic carbocycles. The van der Waals surface area contributed by atoms with Crippen molar-refractivity contribution in [3.8, 4) is 0 Å². The molecule has 148 valence electrons. The van der Waals surface area contributed by atoms with Crippen LogP contribution in [0, 0.1) is 5.92 Å². The molecule has 1 saturated carbocycles. The molecule has 4 rings (SSSR count). The first-order valence-electron chi connectivity index (χ1n) is 10.5. The molecule has 2 aromatic rings. The third-order valence-electron chi connectivity index (χ3n) is 6.08. The minimum Gasteiger partial charge on any atom is -0.377 e. The predicted molar refractivity (Wildman–Crippen MR) is 121 cm³/mol. The molecule has 0 unspecified atom stereocenters. The van der Waals surface area contributed by atoms with Crippen LogP contribution in [0.1, 0.15) is 62.5 Å². The van der Waals surface area contributed by atoms with Crippen LogP contribution in [0.25, 0.3) is 5.57 Å². The number of hydrogen-bond donors (Lipinski definition) is 0. The van der Waals surface area contributed by atoms with Crippen LogP contribution in [0.2, 0.25) is 0 Å². The first-order valence-corrected chi connectivity index (χ1v) is 12.4. The number of piperidine rings is 1. The quantitative estimate of drug-likeness (QED) is 0.400. The van der Waals surface area contributed by atoms with Crippen LogP contribution in [-0.4, -0.2) is 23.8 Å². The Morgan fingerprint density at radius 3 is 2.07 bits per heavy atom. The highest BCUT2D eigenvalue weighted by atomic mass is 32.1. The van der Waals surface area contributed by atoms with Gasteiger partial charge in [0, 0.05) is 25.2 Å². The van der Waals surface area contributed by atoms with Gasteiger partial charge >= 0.3 is 0 Å². The molecule has 0 bridgehead atoms. The van der Waals surface area contributed by atoms with Crippen molar-refractivity contribution in [1.29, 1.82) is 0 Å². The highest BCUT2D eigenvalue weighted by Crippen LogP contribution is 2.34. The largest absolute Gasteiger partial charge is 0.377 e. The molecule has 3 heterocycles. The summed E-state index contributed by atoms with van der Waals surface area (Å²) in [4.78, 5) is 14.9. The first kappa shape index (κ1) is 19.7. The zero-order valence-corrected chi connectivity index (χ0v) is 18.1. The fourth-order valence-corrected chi connectivity index (χ4v) is 5.75. The zero-order chi connectivity index (χ0) is 19.2. The van der Waals surface area contributed by atoms with Crippen molar-refractivity contribution in [2.45, 2.75) is 51.4 Å². The highest BCUT2D eigenvalue weighted by Gasteiger charge is 2.20. The van der Waals surface area contributed by atoms with Crippen molar-refractivity contribution in [2.24, 2.45) is 5.92 Å². The molecule has 28 heavy (non-hydrogen) atoms. The van der Waals surface area contributed by atoms with Crippen LogP contribution in [0.4, 0.5) is 0 Å². The topological polar surface area (TPSA) is 20.3 Å². The number of nitrogens with zero attached hydrogens (tertiary/aromatic N) is 1. The van der Waals surface area contributed by atoms with Gasteiger partial charge in [0.25, 0.3) is 0 Å². The summed E-state index contributed by atoms with van der Waals surface area (Å²) in [5, 5.41) is 8.86. The van der Waals surface area contributed by atoms with E-state index in [0.717, 1.165) is 38.8 Å². The maximum Gasteiger partial charge on any atom is 0.160 e. The van der Waals surface area contributed by atoms with Gasteiger partial charge in [0.05, 0.1) is 0 Å². The fourth-order valence-electron chi connectivity index (χ4n) is 4.46. The van der Waals surface area contributed by atoms with Gasteiger partial charge in [-0.1, -0.05) is 31.3 Å². The van der Waals surface area contributed by atoms with Gasteiger partial charge in [-0.15, -0.1) is 0 Å². The number of carbonyl (C=O) groups is 1. The molecule has 2 aliphatic rings. The molecule has 1 saturated heterocycles. The van der Waals surface area contributed by atoms with Gasteiger partial charge in [-0.3, -0.25) is 4.79 Å². The van der Waals surface area contributed by atoms with Crippen molar-refractivity contribution in [3.05, 3.63) is 62.6 Å². The zero-order valence-electron chi connectivity index (χ0n) is 16.4. The molecule has 0 N–H and O–H groups in total. The van der Waals surface area contributed by atoms with Gasteiger partial charge in [-0.25, -0.2) is 0 Å². The van der Waals surface area contributed by atoms with Gasteiger partial charge in [0.1, 0.15) is 0 Å². The third-order valence-corrected chi connectivity index (χ3v) is 7.45. The molecule has 4 heteroatoms. The molecule has 0 atom stereocenters. The molecular weight excluding hydrogens is 382 g/mol. The number of likely N-dealkylation sites (tertiary alicyclic amines) is 1. The normalized spacial score (nSPS) is 19.1. The van der Waals surface area contributed by atoms with E-state index in [9.17, 15) is 4.79 Å². The molecule has 2 aromatic heterocycles. The van der Waals surface area contributed by atoms with Crippen LogP contribution in [0.5, 0.6) is 0 Å². The monoisotopic (exact) mass is 411 g/mol. The Hall–Kier alpha value is -1.65. The molecule has 0 aromatic carbocycles. The van der Waals surface area contributed by atoms with Crippen molar-refractivity contribution < 1.29 is 4.79 Å². The van der Waals surface area contributed by atoms with Crippen molar-refractivity contribution in [3.63, 3.8) is 0 Å². The molecule has 0 amide bonds. The molecular formula is C24H29NOS2.